The highest BCUT2D eigenvalue weighted by Gasteiger charge is 2.20. The Morgan fingerprint density at radius 2 is 2.04 bits per heavy atom. The molecule has 2 aromatic carbocycles. The van der Waals surface area contributed by atoms with Crippen molar-refractivity contribution < 1.29 is 9.53 Å². The van der Waals surface area contributed by atoms with Gasteiger partial charge in [0.15, 0.2) is 0 Å². The Balaban J connectivity index is 1.70. The van der Waals surface area contributed by atoms with E-state index in [2.05, 4.69) is 40.5 Å². The molecule has 1 fully saturated rings. The van der Waals surface area contributed by atoms with Crippen LogP contribution < -0.4 is 10.2 Å². The number of hydrogen-bond donors (Lipinski definition) is 1. The van der Waals surface area contributed by atoms with Gasteiger partial charge in [0.1, 0.15) is 0 Å². The molecule has 0 radical (unpaired) electrons. The number of rotatable bonds is 4. The van der Waals surface area contributed by atoms with Crippen molar-refractivity contribution in [2.24, 2.45) is 0 Å². The van der Waals surface area contributed by atoms with Gasteiger partial charge in [0.2, 0.25) is 0 Å². The molecule has 1 saturated heterocycles. The molecule has 1 atom stereocenters. The van der Waals surface area contributed by atoms with E-state index in [0.717, 1.165) is 31.7 Å². The highest BCUT2D eigenvalue weighted by molar-refractivity contribution is 5.90. The Labute approximate surface area is 137 Å². The first-order valence-corrected chi connectivity index (χ1v) is 7.97. The van der Waals surface area contributed by atoms with Crippen molar-refractivity contribution in [2.75, 3.05) is 31.6 Å². The summed E-state index contributed by atoms with van der Waals surface area (Å²) in [6.45, 7) is 2.81. The number of carbonyl (C=O) groups is 1. The topological polar surface area (TPSA) is 41.6 Å². The van der Waals surface area contributed by atoms with Gasteiger partial charge in [-0.3, -0.25) is 0 Å². The summed E-state index contributed by atoms with van der Waals surface area (Å²) in [5.74, 6) is -0.289. The third kappa shape index (κ3) is 3.90. The molecule has 0 bridgehead atoms. The predicted molar refractivity (Wildman–Crippen MR) is 91.9 cm³/mol. The average molecular weight is 310 g/mol. The fraction of sp³-hybridized carbons (Fsp3) is 0.316. The second kappa shape index (κ2) is 7.29. The van der Waals surface area contributed by atoms with Crippen LogP contribution in [0.3, 0.4) is 0 Å². The largest absolute Gasteiger partial charge is 0.465 e. The zero-order valence-corrected chi connectivity index (χ0v) is 13.4. The lowest BCUT2D eigenvalue weighted by Gasteiger charge is -2.35. The number of piperazine rings is 1. The van der Waals surface area contributed by atoms with Crippen LogP contribution in [0.15, 0.2) is 54.6 Å². The Morgan fingerprint density at radius 3 is 2.83 bits per heavy atom. The molecule has 1 aliphatic heterocycles. The zero-order chi connectivity index (χ0) is 16.1. The summed E-state index contributed by atoms with van der Waals surface area (Å²) in [5, 5.41) is 3.58. The lowest BCUT2D eigenvalue weighted by molar-refractivity contribution is 0.0601. The number of nitrogens with zero attached hydrogens (tertiary/aromatic N) is 1. The fourth-order valence-electron chi connectivity index (χ4n) is 3.04. The Kier molecular flexibility index (Phi) is 4.93. The van der Waals surface area contributed by atoms with Crippen LogP contribution >= 0.6 is 0 Å². The molecule has 4 heteroatoms. The van der Waals surface area contributed by atoms with Crippen molar-refractivity contribution in [3.63, 3.8) is 0 Å². The summed E-state index contributed by atoms with van der Waals surface area (Å²) >= 11 is 0. The first-order chi connectivity index (χ1) is 11.3. The summed E-state index contributed by atoms with van der Waals surface area (Å²) in [5.41, 5.74) is 3.02. The van der Waals surface area contributed by atoms with Crippen molar-refractivity contribution in [2.45, 2.75) is 12.5 Å². The quantitative estimate of drug-likeness (QED) is 0.881. The summed E-state index contributed by atoms with van der Waals surface area (Å²) in [6.07, 6.45) is 1.01. The maximum Gasteiger partial charge on any atom is 0.337 e. The lowest BCUT2D eigenvalue weighted by atomic mass is 10.0. The summed E-state index contributed by atoms with van der Waals surface area (Å²) in [7, 11) is 1.41. The second-order valence-corrected chi connectivity index (χ2v) is 5.83. The summed E-state index contributed by atoms with van der Waals surface area (Å²) < 4.78 is 4.81. The molecule has 2 aromatic rings. The fourth-order valence-corrected chi connectivity index (χ4v) is 3.04. The Morgan fingerprint density at radius 1 is 1.22 bits per heavy atom. The van der Waals surface area contributed by atoms with Crippen LogP contribution in [0.5, 0.6) is 0 Å². The van der Waals surface area contributed by atoms with Crippen LogP contribution in [0.25, 0.3) is 0 Å². The molecule has 0 unspecified atom stereocenters. The minimum absolute atomic E-state index is 0.289. The van der Waals surface area contributed by atoms with Gasteiger partial charge in [-0.05, 0) is 30.2 Å². The Hall–Kier alpha value is -2.33. The van der Waals surface area contributed by atoms with Gasteiger partial charge in [-0.1, -0.05) is 36.4 Å². The van der Waals surface area contributed by atoms with E-state index in [1.807, 2.05) is 18.2 Å². The molecule has 1 N–H and O–H groups in total. The van der Waals surface area contributed by atoms with Gasteiger partial charge in [0.05, 0.1) is 12.7 Å². The van der Waals surface area contributed by atoms with E-state index >= 15 is 0 Å². The molecule has 23 heavy (non-hydrogen) atoms. The highest BCUT2D eigenvalue weighted by Crippen LogP contribution is 2.19. The van der Waals surface area contributed by atoms with E-state index < -0.39 is 0 Å². The van der Waals surface area contributed by atoms with Gasteiger partial charge >= 0.3 is 5.97 Å². The minimum Gasteiger partial charge on any atom is -0.465 e. The summed E-state index contributed by atoms with van der Waals surface area (Å²) in [4.78, 5) is 14.0. The monoisotopic (exact) mass is 310 g/mol. The average Bonchev–Trinajstić information content (AvgIpc) is 2.62. The first kappa shape index (κ1) is 15.6. The SMILES string of the molecule is COC(=O)c1cccc(N2CCN[C@H](Cc3ccccc3)C2)c1. The van der Waals surface area contributed by atoms with Gasteiger partial charge in [0, 0.05) is 31.4 Å². The molecule has 0 saturated carbocycles. The number of nitrogens with one attached hydrogen (secondary N) is 1. The zero-order valence-electron chi connectivity index (χ0n) is 13.4. The van der Waals surface area contributed by atoms with Crippen LogP contribution in [0, 0.1) is 0 Å². The maximum absolute atomic E-state index is 11.7. The van der Waals surface area contributed by atoms with E-state index in [4.69, 9.17) is 4.74 Å². The molecule has 1 heterocycles. The third-order valence-electron chi connectivity index (χ3n) is 4.21. The number of ether oxygens (including phenoxy) is 1. The van der Waals surface area contributed by atoms with E-state index in [-0.39, 0.29) is 5.97 Å². The molecule has 0 spiro atoms. The van der Waals surface area contributed by atoms with Crippen molar-refractivity contribution in [3.05, 3.63) is 65.7 Å². The van der Waals surface area contributed by atoms with Crippen LogP contribution in [-0.4, -0.2) is 38.8 Å². The molecule has 4 nitrogen and oxygen atoms in total. The third-order valence-corrected chi connectivity index (χ3v) is 4.21. The number of esters is 1. The number of anilines is 1. The van der Waals surface area contributed by atoms with E-state index in [1.165, 1.54) is 12.7 Å². The first-order valence-electron chi connectivity index (χ1n) is 7.97. The molecular weight excluding hydrogens is 288 g/mol. The van der Waals surface area contributed by atoms with Gasteiger partial charge in [0.25, 0.3) is 0 Å². The van der Waals surface area contributed by atoms with Crippen molar-refractivity contribution >= 4 is 11.7 Å². The predicted octanol–water partition coefficient (Wildman–Crippen LogP) is 2.49. The Bertz CT molecular complexity index is 657. The minimum atomic E-state index is -0.289. The van der Waals surface area contributed by atoms with Gasteiger partial charge in [-0.2, -0.15) is 0 Å². The van der Waals surface area contributed by atoms with E-state index in [9.17, 15) is 4.79 Å². The maximum atomic E-state index is 11.7. The molecule has 0 amide bonds. The van der Waals surface area contributed by atoms with Gasteiger partial charge in [-0.15, -0.1) is 0 Å². The molecular formula is C19H22N2O2. The lowest BCUT2D eigenvalue weighted by Crippen LogP contribution is -2.51. The number of carbonyl (C=O) groups excluding carboxylic acids is 1. The number of hydrogen-bond acceptors (Lipinski definition) is 4. The standard InChI is InChI=1S/C19H22N2O2/c1-23-19(22)16-8-5-9-18(13-16)21-11-10-20-17(14-21)12-15-6-3-2-4-7-15/h2-9,13,17,20H,10-12,14H2,1H3/t17-/m1/s1. The van der Waals surface area contributed by atoms with Crippen molar-refractivity contribution in [1.82, 2.24) is 5.32 Å². The van der Waals surface area contributed by atoms with Crippen LogP contribution in [-0.2, 0) is 11.2 Å². The molecule has 120 valence electrons. The normalized spacial score (nSPS) is 17.8. The highest BCUT2D eigenvalue weighted by atomic mass is 16.5. The van der Waals surface area contributed by atoms with Crippen LogP contribution in [0.4, 0.5) is 5.69 Å². The van der Waals surface area contributed by atoms with Gasteiger partial charge in [-0.25, -0.2) is 4.79 Å². The van der Waals surface area contributed by atoms with Crippen molar-refractivity contribution in [1.29, 1.82) is 0 Å². The number of benzene rings is 2. The second-order valence-electron chi connectivity index (χ2n) is 5.83. The number of methoxy groups -OCH3 is 1. The smallest absolute Gasteiger partial charge is 0.337 e. The van der Waals surface area contributed by atoms with E-state index in [0.29, 0.717) is 11.6 Å². The molecule has 3 rings (SSSR count). The van der Waals surface area contributed by atoms with Crippen LogP contribution in [0.1, 0.15) is 15.9 Å². The van der Waals surface area contributed by atoms with Crippen LogP contribution in [0.2, 0.25) is 0 Å². The molecule has 0 aliphatic carbocycles. The summed E-state index contributed by atoms with van der Waals surface area (Å²) in [6, 6.07) is 18.6. The molecule has 0 aromatic heterocycles. The molecule has 1 aliphatic rings. The van der Waals surface area contributed by atoms with Crippen molar-refractivity contribution in [3.8, 4) is 0 Å². The van der Waals surface area contributed by atoms with Gasteiger partial charge < -0.3 is 15.0 Å². The van der Waals surface area contributed by atoms with E-state index in [1.54, 1.807) is 6.07 Å².